The zero-order valence-electron chi connectivity index (χ0n) is 10.0. The molecule has 2 heterocycles. The third kappa shape index (κ3) is 2.36. The third-order valence-corrected chi connectivity index (χ3v) is 3.50. The highest BCUT2D eigenvalue weighted by atomic mass is 16.5. The Morgan fingerprint density at radius 1 is 1.47 bits per heavy atom. The first-order valence-electron chi connectivity index (χ1n) is 6.07. The highest BCUT2D eigenvalue weighted by molar-refractivity contribution is 5.91. The van der Waals surface area contributed by atoms with Gasteiger partial charge >= 0.3 is 0 Å². The summed E-state index contributed by atoms with van der Waals surface area (Å²) in [7, 11) is 0. The molecule has 0 aromatic rings. The standard InChI is InChI=1S/C11H19N3O3/c1-7-4-5-9(17-7)11(15)14-6-2-3-8(14)10(12)13-16/h7-9,16H,2-6H2,1H3,(H2,12,13). The van der Waals surface area contributed by atoms with Crippen LogP contribution in [-0.2, 0) is 9.53 Å². The predicted molar refractivity (Wildman–Crippen MR) is 61.7 cm³/mol. The summed E-state index contributed by atoms with van der Waals surface area (Å²) in [5.74, 6) is 0.0883. The van der Waals surface area contributed by atoms with E-state index in [1.54, 1.807) is 4.90 Å². The zero-order valence-corrected chi connectivity index (χ0v) is 10.0. The van der Waals surface area contributed by atoms with E-state index in [0.29, 0.717) is 6.54 Å². The molecule has 0 aromatic heterocycles. The van der Waals surface area contributed by atoms with Crippen LogP contribution in [0.2, 0.25) is 0 Å². The Morgan fingerprint density at radius 2 is 2.24 bits per heavy atom. The average Bonchev–Trinajstić information content (AvgIpc) is 2.95. The number of oxime groups is 1. The first-order chi connectivity index (χ1) is 8.13. The molecule has 0 aliphatic carbocycles. The Kier molecular flexibility index (Phi) is 3.51. The van der Waals surface area contributed by atoms with E-state index in [1.807, 2.05) is 6.92 Å². The van der Waals surface area contributed by atoms with Gasteiger partial charge in [-0.15, -0.1) is 0 Å². The second-order valence-electron chi connectivity index (χ2n) is 4.73. The molecule has 0 saturated carbocycles. The van der Waals surface area contributed by atoms with Gasteiger partial charge in [-0.25, -0.2) is 0 Å². The van der Waals surface area contributed by atoms with Crippen molar-refractivity contribution in [1.29, 1.82) is 0 Å². The lowest BCUT2D eigenvalue weighted by atomic mass is 10.1. The molecule has 0 radical (unpaired) electrons. The minimum atomic E-state index is -0.350. The maximum Gasteiger partial charge on any atom is 0.252 e. The number of ether oxygens (including phenoxy) is 1. The molecular formula is C11H19N3O3. The summed E-state index contributed by atoms with van der Waals surface area (Å²) in [6.07, 6.45) is 3.11. The van der Waals surface area contributed by atoms with Gasteiger partial charge in [0.05, 0.1) is 12.1 Å². The van der Waals surface area contributed by atoms with Crippen LogP contribution in [-0.4, -0.2) is 46.6 Å². The molecule has 96 valence electrons. The first kappa shape index (κ1) is 12.2. The molecular weight excluding hydrogens is 222 g/mol. The van der Waals surface area contributed by atoms with Crippen molar-refractivity contribution in [3.05, 3.63) is 0 Å². The van der Waals surface area contributed by atoms with E-state index in [-0.39, 0.29) is 30.0 Å². The van der Waals surface area contributed by atoms with Crippen molar-refractivity contribution >= 4 is 11.7 Å². The van der Waals surface area contributed by atoms with Crippen LogP contribution in [0, 0.1) is 0 Å². The van der Waals surface area contributed by atoms with Crippen molar-refractivity contribution < 1.29 is 14.7 Å². The summed E-state index contributed by atoms with van der Waals surface area (Å²) in [5, 5.41) is 11.7. The van der Waals surface area contributed by atoms with Gasteiger partial charge in [0, 0.05) is 6.54 Å². The summed E-state index contributed by atoms with van der Waals surface area (Å²) in [6, 6.07) is -0.271. The topological polar surface area (TPSA) is 88.2 Å². The summed E-state index contributed by atoms with van der Waals surface area (Å²) in [5.41, 5.74) is 5.60. The smallest absolute Gasteiger partial charge is 0.252 e. The second-order valence-corrected chi connectivity index (χ2v) is 4.73. The third-order valence-electron chi connectivity index (χ3n) is 3.50. The summed E-state index contributed by atoms with van der Waals surface area (Å²) in [4.78, 5) is 13.9. The molecule has 2 fully saturated rings. The molecule has 6 nitrogen and oxygen atoms in total. The quantitative estimate of drug-likeness (QED) is 0.315. The molecule has 2 aliphatic rings. The molecule has 0 spiro atoms. The average molecular weight is 241 g/mol. The number of nitrogens with zero attached hydrogens (tertiary/aromatic N) is 2. The number of amides is 1. The van der Waals surface area contributed by atoms with Gasteiger partial charge in [0.25, 0.3) is 5.91 Å². The Labute approximate surface area is 100 Å². The Hall–Kier alpha value is -1.30. The van der Waals surface area contributed by atoms with Crippen LogP contribution >= 0.6 is 0 Å². The van der Waals surface area contributed by atoms with Crippen molar-refractivity contribution in [2.75, 3.05) is 6.54 Å². The molecule has 3 unspecified atom stereocenters. The van der Waals surface area contributed by atoms with Gasteiger partial charge in [0.15, 0.2) is 5.84 Å². The zero-order chi connectivity index (χ0) is 12.4. The van der Waals surface area contributed by atoms with E-state index < -0.39 is 0 Å². The van der Waals surface area contributed by atoms with Gasteiger partial charge in [-0.1, -0.05) is 5.16 Å². The van der Waals surface area contributed by atoms with Crippen LogP contribution in [0.3, 0.4) is 0 Å². The highest BCUT2D eigenvalue weighted by Gasteiger charge is 2.38. The fraction of sp³-hybridized carbons (Fsp3) is 0.818. The van der Waals surface area contributed by atoms with Crippen molar-refractivity contribution in [2.24, 2.45) is 10.9 Å². The number of rotatable bonds is 2. The lowest BCUT2D eigenvalue weighted by Gasteiger charge is -2.26. The molecule has 17 heavy (non-hydrogen) atoms. The lowest BCUT2D eigenvalue weighted by molar-refractivity contribution is -0.142. The lowest BCUT2D eigenvalue weighted by Crippen LogP contribution is -2.47. The van der Waals surface area contributed by atoms with Crippen LogP contribution < -0.4 is 5.73 Å². The van der Waals surface area contributed by atoms with E-state index in [4.69, 9.17) is 15.7 Å². The monoisotopic (exact) mass is 241 g/mol. The van der Waals surface area contributed by atoms with Crippen LogP contribution in [0.1, 0.15) is 32.6 Å². The maximum atomic E-state index is 12.2. The normalized spacial score (nSPS) is 34.3. The number of hydrogen-bond acceptors (Lipinski definition) is 4. The molecule has 0 aromatic carbocycles. The SMILES string of the molecule is CC1CCC(C(=O)N2CCCC2C(N)=NO)O1. The number of nitrogens with two attached hydrogens (primary N) is 1. The Morgan fingerprint density at radius 3 is 2.82 bits per heavy atom. The van der Waals surface area contributed by atoms with Gasteiger partial charge in [-0.05, 0) is 32.6 Å². The molecule has 2 saturated heterocycles. The minimum Gasteiger partial charge on any atom is -0.409 e. The van der Waals surface area contributed by atoms with Crippen LogP contribution in [0.15, 0.2) is 5.16 Å². The van der Waals surface area contributed by atoms with Gasteiger partial charge < -0.3 is 20.6 Å². The number of likely N-dealkylation sites (tertiary alicyclic amines) is 1. The fourth-order valence-electron chi connectivity index (χ4n) is 2.57. The Balaban J connectivity index is 2.03. The van der Waals surface area contributed by atoms with E-state index in [2.05, 4.69) is 5.16 Å². The van der Waals surface area contributed by atoms with Crippen molar-refractivity contribution in [1.82, 2.24) is 4.90 Å². The number of hydrogen-bond donors (Lipinski definition) is 2. The van der Waals surface area contributed by atoms with Gasteiger partial charge in [0.2, 0.25) is 0 Å². The minimum absolute atomic E-state index is 0.0246. The van der Waals surface area contributed by atoms with E-state index in [0.717, 1.165) is 25.7 Å². The van der Waals surface area contributed by atoms with Crippen molar-refractivity contribution in [2.45, 2.75) is 50.9 Å². The van der Waals surface area contributed by atoms with E-state index in [9.17, 15) is 4.79 Å². The van der Waals surface area contributed by atoms with Crippen LogP contribution in [0.4, 0.5) is 0 Å². The number of carbonyl (C=O) groups is 1. The highest BCUT2D eigenvalue weighted by Crippen LogP contribution is 2.25. The first-order valence-corrected chi connectivity index (χ1v) is 6.07. The molecule has 1 amide bonds. The van der Waals surface area contributed by atoms with Gasteiger partial charge in [-0.3, -0.25) is 4.79 Å². The van der Waals surface area contributed by atoms with Crippen molar-refractivity contribution in [3.63, 3.8) is 0 Å². The van der Waals surface area contributed by atoms with Gasteiger partial charge in [0.1, 0.15) is 6.10 Å². The van der Waals surface area contributed by atoms with Crippen LogP contribution in [0.25, 0.3) is 0 Å². The predicted octanol–water partition coefficient (Wildman–Crippen LogP) is 0.291. The van der Waals surface area contributed by atoms with Crippen LogP contribution in [0.5, 0.6) is 0 Å². The van der Waals surface area contributed by atoms with E-state index in [1.165, 1.54) is 0 Å². The molecule has 2 rings (SSSR count). The molecule has 6 heteroatoms. The molecule has 0 bridgehead atoms. The van der Waals surface area contributed by atoms with Gasteiger partial charge in [-0.2, -0.15) is 0 Å². The number of carbonyl (C=O) groups excluding carboxylic acids is 1. The van der Waals surface area contributed by atoms with E-state index >= 15 is 0 Å². The second kappa shape index (κ2) is 4.91. The summed E-state index contributed by atoms with van der Waals surface area (Å²) in [6.45, 7) is 2.63. The molecule has 3 atom stereocenters. The van der Waals surface area contributed by atoms with Crippen molar-refractivity contribution in [3.8, 4) is 0 Å². The maximum absolute atomic E-state index is 12.2. The summed E-state index contributed by atoms with van der Waals surface area (Å²) < 4.78 is 5.56. The largest absolute Gasteiger partial charge is 0.409 e. The Bertz CT molecular complexity index is 332. The summed E-state index contributed by atoms with van der Waals surface area (Å²) >= 11 is 0. The fourth-order valence-corrected chi connectivity index (χ4v) is 2.57. The number of amidine groups is 1. The molecule has 3 N–H and O–H groups in total. The molecule has 2 aliphatic heterocycles.